The predicted molar refractivity (Wildman–Crippen MR) is 66.7 cm³/mol. The molecule has 0 aliphatic carbocycles. The molecular formula is C11H18N4O. The van der Waals surface area contributed by atoms with Gasteiger partial charge in [0.2, 0.25) is 0 Å². The SMILES string of the molecule is CNCCNC(=O)c1ccc(NC)c(N)c1. The van der Waals surface area contributed by atoms with Gasteiger partial charge in [0, 0.05) is 25.7 Å². The van der Waals surface area contributed by atoms with E-state index in [0.29, 0.717) is 17.8 Å². The van der Waals surface area contributed by atoms with E-state index in [-0.39, 0.29) is 5.91 Å². The number of nitrogens with two attached hydrogens (primary N) is 1. The minimum atomic E-state index is -0.107. The Hall–Kier alpha value is -1.75. The predicted octanol–water partition coefficient (Wildman–Crippen LogP) is 0.260. The molecular weight excluding hydrogens is 204 g/mol. The fourth-order valence-electron chi connectivity index (χ4n) is 1.33. The summed E-state index contributed by atoms with van der Waals surface area (Å²) in [6, 6.07) is 5.21. The number of hydrogen-bond donors (Lipinski definition) is 4. The maximum absolute atomic E-state index is 11.7. The van der Waals surface area contributed by atoms with Crippen molar-refractivity contribution in [2.75, 3.05) is 38.2 Å². The van der Waals surface area contributed by atoms with E-state index in [1.54, 1.807) is 25.2 Å². The number of amides is 1. The molecule has 0 radical (unpaired) electrons. The Morgan fingerprint density at radius 1 is 1.31 bits per heavy atom. The van der Waals surface area contributed by atoms with E-state index in [1.807, 2.05) is 7.05 Å². The molecule has 1 aromatic rings. The van der Waals surface area contributed by atoms with Crippen LogP contribution in [0.25, 0.3) is 0 Å². The molecule has 0 bridgehead atoms. The van der Waals surface area contributed by atoms with Crippen LogP contribution in [0.2, 0.25) is 0 Å². The number of nitrogen functional groups attached to an aromatic ring is 1. The number of anilines is 2. The molecule has 0 aromatic heterocycles. The lowest BCUT2D eigenvalue weighted by atomic mass is 10.1. The summed E-state index contributed by atoms with van der Waals surface area (Å²) < 4.78 is 0. The molecule has 5 N–H and O–H groups in total. The molecule has 0 saturated carbocycles. The third kappa shape index (κ3) is 3.13. The summed E-state index contributed by atoms with van der Waals surface area (Å²) in [7, 11) is 3.63. The van der Waals surface area contributed by atoms with Gasteiger partial charge in [-0.15, -0.1) is 0 Å². The summed E-state index contributed by atoms with van der Waals surface area (Å²) in [4.78, 5) is 11.7. The number of benzene rings is 1. The molecule has 0 aliphatic rings. The lowest BCUT2D eigenvalue weighted by molar-refractivity contribution is 0.0954. The van der Waals surface area contributed by atoms with Crippen LogP contribution < -0.4 is 21.7 Å². The number of carbonyl (C=O) groups is 1. The zero-order valence-electron chi connectivity index (χ0n) is 9.63. The summed E-state index contributed by atoms with van der Waals surface area (Å²) in [5, 5.41) is 8.69. The molecule has 5 heteroatoms. The van der Waals surface area contributed by atoms with Gasteiger partial charge in [0.15, 0.2) is 0 Å². The fraction of sp³-hybridized carbons (Fsp3) is 0.364. The van der Waals surface area contributed by atoms with Crippen molar-refractivity contribution >= 4 is 17.3 Å². The van der Waals surface area contributed by atoms with Crippen molar-refractivity contribution in [2.24, 2.45) is 0 Å². The molecule has 0 aliphatic heterocycles. The van der Waals surface area contributed by atoms with Crippen molar-refractivity contribution in [1.82, 2.24) is 10.6 Å². The summed E-state index contributed by atoms with van der Waals surface area (Å²) in [5.74, 6) is -0.107. The zero-order chi connectivity index (χ0) is 12.0. The van der Waals surface area contributed by atoms with Crippen LogP contribution in [0.5, 0.6) is 0 Å². The van der Waals surface area contributed by atoms with Crippen LogP contribution in [-0.4, -0.2) is 33.1 Å². The Morgan fingerprint density at radius 3 is 2.62 bits per heavy atom. The van der Waals surface area contributed by atoms with Crippen LogP contribution >= 0.6 is 0 Å². The first-order valence-electron chi connectivity index (χ1n) is 5.19. The summed E-state index contributed by atoms with van der Waals surface area (Å²) in [6.07, 6.45) is 0. The average Bonchev–Trinajstić information content (AvgIpc) is 2.29. The molecule has 16 heavy (non-hydrogen) atoms. The Morgan fingerprint density at radius 2 is 2.06 bits per heavy atom. The van der Waals surface area contributed by atoms with E-state index in [1.165, 1.54) is 0 Å². The van der Waals surface area contributed by atoms with Crippen LogP contribution in [-0.2, 0) is 0 Å². The summed E-state index contributed by atoms with van der Waals surface area (Å²) in [6.45, 7) is 1.35. The van der Waals surface area contributed by atoms with Crippen LogP contribution in [0.1, 0.15) is 10.4 Å². The topological polar surface area (TPSA) is 79.2 Å². The Labute approximate surface area is 95.4 Å². The second-order valence-corrected chi connectivity index (χ2v) is 3.41. The van der Waals surface area contributed by atoms with Gasteiger partial charge in [-0.25, -0.2) is 0 Å². The highest BCUT2D eigenvalue weighted by atomic mass is 16.1. The summed E-state index contributed by atoms with van der Waals surface area (Å²) >= 11 is 0. The Bertz CT molecular complexity index is 365. The number of carbonyl (C=O) groups excluding carboxylic acids is 1. The number of hydrogen-bond acceptors (Lipinski definition) is 4. The third-order valence-electron chi connectivity index (χ3n) is 2.24. The third-order valence-corrected chi connectivity index (χ3v) is 2.24. The first-order valence-corrected chi connectivity index (χ1v) is 5.19. The van der Waals surface area contributed by atoms with Gasteiger partial charge in [-0.3, -0.25) is 4.79 Å². The minimum Gasteiger partial charge on any atom is -0.397 e. The van der Waals surface area contributed by atoms with E-state index >= 15 is 0 Å². The van der Waals surface area contributed by atoms with Gasteiger partial charge in [0.1, 0.15) is 0 Å². The molecule has 88 valence electrons. The van der Waals surface area contributed by atoms with Crippen molar-refractivity contribution in [2.45, 2.75) is 0 Å². The highest BCUT2D eigenvalue weighted by Crippen LogP contribution is 2.18. The van der Waals surface area contributed by atoms with Gasteiger partial charge in [-0.05, 0) is 25.2 Å². The second kappa shape index (κ2) is 5.97. The average molecular weight is 222 g/mol. The standard InChI is InChI=1S/C11H18N4O/c1-13-5-6-15-11(16)8-3-4-10(14-2)9(12)7-8/h3-4,7,13-14H,5-6,12H2,1-2H3,(H,15,16). The normalized spacial score (nSPS) is 9.88. The van der Waals surface area contributed by atoms with Crippen LogP contribution in [0, 0.1) is 0 Å². The number of likely N-dealkylation sites (N-methyl/N-ethyl adjacent to an activating group) is 1. The van der Waals surface area contributed by atoms with Crippen molar-refractivity contribution in [3.8, 4) is 0 Å². The van der Waals surface area contributed by atoms with Gasteiger partial charge in [0.25, 0.3) is 5.91 Å². The smallest absolute Gasteiger partial charge is 0.251 e. The van der Waals surface area contributed by atoms with Crippen LogP contribution in [0.4, 0.5) is 11.4 Å². The maximum atomic E-state index is 11.7. The molecule has 0 atom stereocenters. The monoisotopic (exact) mass is 222 g/mol. The highest BCUT2D eigenvalue weighted by Gasteiger charge is 2.06. The molecule has 5 nitrogen and oxygen atoms in total. The Balaban J connectivity index is 2.66. The molecule has 0 heterocycles. The highest BCUT2D eigenvalue weighted by molar-refractivity contribution is 5.96. The lowest BCUT2D eigenvalue weighted by Crippen LogP contribution is -2.30. The molecule has 1 rings (SSSR count). The van der Waals surface area contributed by atoms with Crippen molar-refractivity contribution in [3.63, 3.8) is 0 Å². The quantitative estimate of drug-likeness (QED) is 0.425. The zero-order valence-corrected chi connectivity index (χ0v) is 9.63. The van der Waals surface area contributed by atoms with E-state index in [0.717, 1.165) is 12.2 Å². The fourth-order valence-corrected chi connectivity index (χ4v) is 1.33. The Kier molecular flexibility index (Phi) is 4.60. The van der Waals surface area contributed by atoms with E-state index in [2.05, 4.69) is 16.0 Å². The van der Waals surface area contributed by atoms with Gasteiger partial charge in [0.05, 0.1) is 11.4 Å². The van der Waals surface area contributed by atoms with E-state index in [9.17, 15) is 4.79 Å². The number of nitrogens with one attached hydrogen (secondary N) is 3. The van der Waals surface area contributed by atoms with Crippen molar-refractivity contribution in [1.29, 1.82) is 0 Å². The first-order chi connectivity index (χ1) is 7.69. The van der Waals surface area contributed by atoms with Crippen LogP contribution in [0.15, 0.2) is 18.2 Å². The lowest BCUT2D eigenvalue weighted by Gasteiger charge is -2.08. The second-order valence-electron chi connectivity index (χ2n) is 3.41. The minimum absolute atomic E-state index is 0.107. The summed E-state index contributed by atoms with van der Waals surface area (Å²) in [5.41, 5.74) is 7.74. The van der Waals surface area contributed by atoms with Crippen molar-refractivity contribution in [3.05, 3.63) is 23.8 Å². The molecule has 0 spiro atoms. The van der Waals surface area contributed by atoms with E-state index in [4.69, 9.17) is 5.73 Å². The van der Waals surface area contributed by atoms with Gasteiger partial charge in [-0.2, -0.15) is 0 Å². The first kappa shape index (κ1) is 12.3. The largest absolute Gasteiger partial charge is 0.397 e. The van der Waals surface area contributed by atoms with Crippen LogP contribution in [0.3, 0.4) is 0 Å². The van der Waals surface area contributed by atoms with Gasteiger partial charge in [-0.1, -0.05) is 0 Å². The molecule has 0 fully saturated rings. The molecule has 0 saturated heterocycles. The molecule has 0 unspecified atom stereocenters. The van der Waals surface area contributed by atoms with E-state index < -0.39 is 0 Å². The number of rotatable bonds is 5. The molecule has 1 amide bonds. The molecule has 1 aromatic carbocycles. The maximum Gasteiger partial charge on any atom is 0.251 e. The van der Waals surface area contributed by atoms with Crippen molar-refractivity contribution < 1.29 is 4.79 Å². The van der Waals surface area contributed by atoms with Gasteiger partial charge < -0.3 is 21.7 Å². The van der Waals surface area contributed by atoms with Gasteiger partial charge >= 0.3 is 0 Å².